The number of halogens is 4. The average Bonchev–Trinajstić information content (AvgIpc) is 2.51. The van der Waals surface area contributed by atoms with Crippen molar-refractivity contribution in [3.8, 4) is 0 Å². The summed E-state index contributed by atoms with van der Waals surface area (Å²) in [6.07, 6.45) is 2.15. The zero-order chi connectivity index (χ0) is 16.8. The molecule has 0 fully saturated rings. The summed E-state index contributed by atoms with van der Waals surface area (Å²) in [5.74, 6) is -0.0990. The van der Waals surface area contributed by atoms with Crippen molar-refractivity contribution in [1.82, 2.24) is 15.3 Å². The summed E-state index contributed by atoms with van der Waals surface area (Å²) in [6.45, 7) is 0.873. The van der Waals surface area contributed by atoms with Crippen molar-refractivity contribution < 1.29 is 4.79 Å². The molecule has 25 heavy (non-hydrogen) atoms. The summed E-state index contributed by atoms with van der Waals surface area (Å²) in [4.78, 5) is 30.6. The monoisotopic (exact) mass is 426 g/mol. The van der Waals surface area contributed by atoms with Crippen LogP contribution < -0.4 is 16.6 Å². The van der Waals surface area contributed by atoms with Crippen LogP contribution in [0.15, 0.2) is 29.2 Å². The molecule has 0 radical (unpaired) electrons. The van der Waals surface area contributed by atoms with Gasteiger partial charge in [-0.05, 0) is 30.7 Å². The second kappa shape index (κ2) is 11.3. The maximum Gasteiger partial charge on any atom is 0.263 e. The molecule has 2 aromatic rings. The van der Waals surface area contributed by atoms with E-state index in [1.54, 1.807) is 18.2 Å². The highest BCUT2D eigenvalue weighted by Crippen LogP contribution is 2.25. The van der Waals surface area contributed by atoms with E-state index in [1.807, 2.05) is 0 Å². The lowest BCUT2D eigenvalue weighted by molar-refractivity contribution is 0.0951. The Morgan fingerprint density at radius 3 is 2.44 bits per heavy atom. The van der Waals surface area contributed by atoms with Crippen LogP contribution in [0.4, 0.5) is 0 Å². The van der Waals surface area contributed by atoms with Crippen LogP contribution in [0.5, 0.6) is 0 Å². The first kappa shape index (κ1) is 23.7. The molecule has 0 saturated heterocycles. The molecule has 6 nitrogen and oxygen atoms in total. The van der Waals surface area contributed by atoms with Crippen molar-refractivity contribution in [3.63, 3.8) is 0 Å². The molecular weight excluding hydrogens is 410 g/mol. The maximum absolute atomic E-state index is 12.0. The van der Waals surface area contributed by atoms with Crippen molar-refractivity contribution in [1.29, 1.82) is 0 Å². The van der Waals surface area contributed by atoms with Gasteiger partial charge in [0, 0.05) is 29.2 Å². The van der Waals surface area contributed by atoms with E-state index >= 15 is 0 Å². The van der Waals surface area contributed by atoms with E-state index in [0.717, 1.165) is 0 Å². The summed E-state index contributed by atoms with van der Waals surface area (Å²) < 4.78 is 0. The van der Waals surface area contributed by atoms with Gasteiger partial charge in [-0.1, -0.05) is 29.3 Å². The van der Waals surface area contributed by atoms with Gasteiger partial charge in [0.05, 0.1) is 0 Å². The molecule has 0 spiro atoms. The first-order valence-electron chi connectivity index (χ1n) is 7.02. The Hall–Kier alpha value is -1.31. The highest BCUT2D eigenvalue weighted by Gasteiger charge is 2.13. The second-order valence-electron chi connectivity index (χ2n) is 4.85. The number of carbonyl (C=O) groups excluding carboxylic acids is 1. The Kier molecular flexibility index (Phi) is 10.7. The molecule has 0 bridgehead atoms. The molecule has 1 aromatic heterocycles. The van der Waals surface area contributed by atoms with Crippen LogP contribution in [0.3, 0.4) is 0 Å². The van der Waals surface area contributed by atoms with Gasteiger partial charge >= 0.3 is 0 Å². The molecule has 2 rings (SSSR count). The van der Waals surface area contributed by atoms with Gasteiger partial charge in [0.2, 0.25) is 0 Å². The van der Waals surface area contributed by atoms with Crippen molar-refractivity contribution in [3.05, 3.63) is 61.7 Å². The lowest BCUT2D eigenvalue weighted by atomic mass is 10.1. The molecule has 138 valence electrons. The molecule has 0 aliphatic rings. The molecular formula is C15H18Cl4N4O2. The Morgan fingerprint density at radius 1 is 1.24 bits per heavy atom. The molecule has 1 aromatic carbocycles. The first-order valence-corrected chi connectivity index (χ1v) is 7.78. The van der Waals surface area contributed by atoms with Gasteiger partial charge in [0.1, 0.15) is 11.4 Å². The highest BCUT2D eigenvalue weighted by molar-refractivity contribution is 6.36. The molecule has 1 heterocycles. The van der Waals surface area contributed by atoms with E-state index < -0.39 is 11.5 Å². The Labute approximate surface area is 167 Å². The third-order valence-corrected chi connectivity index (χ3v) is 3.88. The van der Waals surface area contributed by atoms with Gasteiger partial charge in [-0.25, -0.2) is 4.98 Å². The standard InChI is InChI=1S/C15H16Cl2N4O2.2ClH/c16-11-3-1-4-12(17)9(11)7-13-20-8-10(15(23)21-13)14(22)19-6-2-5-18;;/h1,3-4,8H,2,5-7,18H2,(H,19,22)(H,20,21,23);2*1H. The fourth-order valence-corrected chi connectivity index (χ4v) is 2.48. The second-order valence-corrected chi connectivity index (χ2v) is 5.66. The average molecular weight is 428 g/mol. The smallest absolute Gasteiger partial charge is 0.263 e. The normalized spacial score (nSPS) is 9.72. The van der Waals surface area contributed by atoms with E-state index in [-0.39, 0.29) is 36.8 Å². The van der Waals surface area contributed by atoms with E-state index in [4.69, 9.17) is 28.9 Å². The van der Waals surface area contributed by atoms with Crippen molar-refractivity contribution >= 4 is 53.9 Å². The zero-order valence-corrected chi connectivity index (χ0v) is 16.2. The molecule has 0 aliphatic carbocycles. The fourth-order valence-electron chi connectivity index (χ4n) is 1.95. The summed E-state index contributed by atoms with van der Waals surface area (Å²) in [6, 6.07) is 5.15. The molecule has 4 N–H and O–H groups in total. The van der Waals surface area contributed by atoms with E-state index in [0.29, 0.717) is 40.9 Å². The van der Waals surface area contributed by atoms with Gasteiger partial charge < -0.3 is 16.0 Å². The number of aromatic nitrogens is 2. The van der Waals surface area contributed by atoms with Gasteiger partial charge in [-0.2, -0.15) is 0 Å². The summed E-state index contributed by atoms with van der Waals surface area (Å²) in [5.41, 5.74) is 5.46. The maximum atomic E-state index is 12.0. The minimum atomic E-state index is -0.511. The number of hydrogen-bond donors (Lipinski definition) is 3. The lowest BCUT2D eigenvalue weighted by Gasteiger charge is -2.07. The summed E-state index contributed by atoms with van der Waals surface area (Å²) >= 11 is 12.2. The number of rotatable bonds is 6. The largest absolute Gasteiger partial charge is 0.352 e. The highest BCUT2D eigenvalue weighted by atomic mass is 35.5. The molecule has 0 atom stereocenters. The number of amides is 1. The quantitative estimate of drug-likeness (QED) is 0.616. The van der Waals surface area contributed by atoms with E-state index in [2.05, 4.69) is 15.3 Å². The molecule has 10 heteroatoms. The number of benzene rings is 1. The predicted octanol–water partition coefficient (Wildman–Crippen LogP) is 2.59. The van der Waals surface area contributed by atoms with Crippen LogP contribution in [0.1, 0.15) is 28.2 Å². The Morgan fingerprint density at radius 2 is 1.88 bits per heavy atom. The van der Waals surface area contributed by atoms with Gasteiger partial charge in [-0.15, -0.1) is 24.8 Å². The number of H-pyrrole nitrogens is 1. The minimum absolute atomic E-state index is 0. The molecule has 0 saturated carbocycles. The predicted molar refractivity (Wildman–Crippen MR) is 105 cm³/mol. The molecule has 0 unspecified atom stereocenters. The summed E-state index contributed by atoms with van der Waals surface area (Å²) in [7, 11) is 0. The van der Waals surface area contributed by atoms with E-state index in [1.165, 1.54) is 6.20 Å². The Bertz CT molecular complexity index is 747. The zero-order valence-electron chi connectivity index (χ0n) is 13.1. The minimum Gasteiger partial charge on any atom is -0.352 e. The molecule has 1 amide bonds. The lowest BCUT2D eigenvalue weighted by Crippen LogP contribution is -2.31. The van der Waals surface area contributed by atoms with Crippen molar-refractivity contribution in [2.75, 3.05) is 13.1 Å². The number of carbonyl (C=O) groups is 1. The topological polar surface area (TPSA) is 101 Å². The van der Waals surface area contributed by atoms with Crippen LogP contribution in [-0.4, -0.2) is 29.0 Å². The first-order chi connectivity index (χ1) is 11.0. The number of nitrogens with two attached hydrogens (primary N) is 1. The van der Waals surface area contributed by atoms with Crippen LogP contribution in [0, 0.1) is 0 Å². The molecule has 0 aliphatic heterocycles. The van der Waals surface area contributed by atoms with Crippen LogP contribution in [0.2, 0.25) is 10.0 Å². The van der Waals surface area contributed by atoms with Crippen LogP contribution in [-0.2, 0) is 6.42 Å². The number of nitrogens with zero attached hydrogens (tertiary/aromatic N) is 1. The number of hydrogen-bond acceptors (Lipinski definition) is 4. The van der Waals surface area contributed by atoms with Gasteiger partial charge in [0.15, 0.2) is 0 Å². The van der Waals surface area contributed by atoms with E-state index in [9.17, 15) is 9.59 Å². The van der Waals surface area contributed by atoms with Crippen molar-refractivity contribution in [2.24, 2.45) is 5.73 Å². The van der Waals surface area contributed by atoms with Gasteiger partial charge in [-0.3, -0.25) is 9.59 Å². The SMILES string of the molecule is Cl.Cl.NCCCNC(=O)c1cnc(Cc2c(Cl)cccc2Cl)[nH]c1=O. The Balaban J connectivity index is 0.00000288. The third-order valence-electron chi connectivity index (χ3n) is 3.17. The summed E-state index contributed by atoms with van der Waals surface area (Å²) in [5, 5.41) is 3.59. The van der Waals surface area contributed by atoms with Crippen LogP contribution in [0.25, 0.3) is 0 Å². The fraction of sp³-hybridized carbons (Fsp3) is 0.267. The number of aromatic amines is 1. The number of nitrogens with one attached hydrogen (secondary N) is 2. The van der Waals surface area contributed by atoms with Crippen molar-refractivity contribution in [2.45, 2.75) is 12.8 Å². The van der Waals surface area contributed by atoms with Gasteiger partial charge in [0.25, 0.3) is 11.5 Å². The van der Waals surface area contributed by atoms with Crippen LogP contribution >= 0.6 is 48.0 Å². The third kappa shape index (κ3) is 6.49.